The zero-order valence-electron chi connectivity index (χ0n) is 16.4. The Morgan fingerprint density at radius 3 is 1.73 bits per heavy atom. The minimum absolute atomic E-state index is 0. The molecule has 1 aromatic carbocycles. The maximum Gasteiger partial charge on any atom is 0 e. The van der Waals surface area contributed by atoms with E-state index in [9.17, 15) is 0 Å². The van der Waals surface area contributed by atoms with Crippen molar-refractivity contribution in [1.29, 1.82) is 0 Å². The minimum atomic E-state index is 0. The van der Waals surface area contributed by atoms with Gasteiger partial charge in [-0.05, 0) is 36.0 Å². The first kappa shape index (κ1) is 30.5. The first-order chi connectivity index (χ1) is 8.77. The van der Waals surface area contributed by atoms with E-state index in [0.717, 1.165) is 8.58 Å². The maximum atomic E-state index is 2.44. The Morgan fingerprint density at radius 1 is 0.909 bits per heavy atom. The molecular weight excluding hydrogens is 450 g/mol. The van der Waals surface area contributed by atoms with Crippen molar-refractivity contribution in [2.24, 2.45) is 5.41 Å². The third-order valence-electron chi connectivity index (χ3n) is 3.19. The van der Waals surface area contributed by atoms with Crippen LogP contribution in [0.25, 0.3) is 0 Å². The van der Waals surface area contributed by atoms with Gasteiger partial charge in [-0.2, -0.15) is 18.2 Å². The molecule has 0 bridgehead atoms. The van der Waals surface area contributed by atoms with E-state index in [2.05, 4.69) is 41.5 Å². The van der Waals surface area contributed by atoms with Crippen molar-refractivity contribution >= 4 is 8.58 Å². The fraction of sp³-hybridized carbons (Fsp3) is 0.650. The fourth-order valence-electron chi connectivity index (χ4n) is 1.70. The van der Waals surface area contributed by atoms with Crippen molar-refractivity contribution in [3.63, 3.8) is 0 Å². The van der Waals surface area contributed by atoms with Crippen LogP contribution >= 0.6 is 8.58 Å². The van der Waals surface area contributed by atoms with Gasteiger partial charge in [0.2, 0.25) is 0 Å². The normalized spacial score (nSPS) is 10.8. The standard InChI is InChI=1S/C13H29P.C5H5.2CH3.Hf/c1-7-8-11-14-13(5,6)10-9-12(2,3)4;1-2-4-5-3-1;;;/h14H,7-11H2,1-6H3;1-5H;2*1H3;/q;3*-1;. The predicted molar refractivity (Wildman–Crippen MR) is 106 cm³/mol. The van der Waals surface area contributed by atoms with Gasteiger partial charge in [-0.25, -0.2) is 12.1 Å². The first-order valence-electron chi connectivity index (χ1n) is 7.68. The van der Waals surface area contributed by atoms with E-state index < -0.39 is 0 Å². The molecule has 0 N–H and O–H groups in total. The molecule has 22 heavy (non-hydrogen) atoms. The summed E-state index contributed by atoms with van der Waals surface area (Å²) in [5, 5.41) is 0.586. The molecular formula is C20H40HfP-3. The molecule has 0 saturated carbocycles. The van der Waals surface area contributed by atoms with Gasteiger partial charge in [-0.1, -0.05) is 48.0 Å². The fourth-order valence-corrected chi connectivity index (χ4v) is 3.21. The Kier molecular flexibility index (Phi) is 22.9. The second-order valence-corrected chi connectivity index (χ2v) is 9.39. The number of hydrogen-bond donors (Lipinski definition) is 0. The van der Waals surface area contributed by atoms with Gasteiger partial charge in [-0.3, -0.25) is 0 Å². The maximum absolute atomic E-state index is 2.44. The van der Waals surface area contributed by atoms with Crippen LogP contribution in [-0.2, 0) is 25.8 Å². The SMILES string of the molecule is CCCCPC(C)(C)CCC(C)(C)C.[CH3-].[CH3-].[Hf].c1cc[cH-]c1. The zero-order chi connectivity index (χ0) is 14.8. The summed E-state index contributed by atoms with van der Waals surface area (Å²) in [5.41, 5.74) is 0.506. The molecule has 0 aliphatic heterocycles. The zero-order valence-corrected chi connectivity index (χ0v) is 21.0. The molecule has 0 spiro atoms. The van der Waals surface area contributed by atoms with E-state index in [1.54, 1.807) is 0 Å². The minimum Gasteiger partial charge on any atom is -0.358 e. The van der Waals surface area contributed by atoms with Gasteiger partial charge < -0.3 is 14.9 Å². The van der Waals surface area contributed by atoms with E-state index in [0.29, 0.717) is 10.6 Å². The van der Waals surface area contributed by atoms with Crippen molar-refractivity contribution in [1.82, 2.24) is 0 Å². The molecule has 0 aromatic heterocycles. The molecule has 132 valence electrons. The molecule has 0 heterocycles. The van der Waals surface area contributed by atoms with Crippen LogP contribution in [-0.4, -0.2) is 11.3 Å². The second kappa shape index (κ2) is 16.5. The van der Waals surface area contributed by atoms with Crippen LogP contribution < -0.4 is 0 Å². The Morgan fingerprint density at radius 2 is 1.41 bits per heavy atom. The molecule has 0 aliphatic rings. The summed E-state index contributed by atoms with van der Waals surface area (Å²) in [6.45, 7) is 14.2. The quantitative estimate of drug-likeness (QED) is 0.169. The van der Waals surface area contributed by atoms with E-state index >= 15 is 0 Å². The van der Waals surface area contributed by atoms with Crippen LogP contribution in [0.3, 0.4) is 0 Å². The van der Waals surface area contributed by atoms with Crippen molar-refractivity contribution < 1.29 is 25.8 Å². The number of rotatable bonds is 6. The van der Waals surface area contributed by atoms with Crippen LogP contribution in [0.5, 0.6) is 0 Å². The average molecular weight is 490 g/mol. The van der Waals surface area contributed by atoms with Crippen LogP contribution in [0.1, 0.15) is 67.2 Å². The molecule has 1 unspecified atom stereocenters. The van der Waals surface area contributed by atoms with Gasteiger partial charge in [0.15, 0.2) is 0 Å². The molecule has 1 aromatic rings. The molecule has 0 aliphatic carbocycles. The van der Waals surface area contributed by atoms with Gasteiger partial charge in [0, 0.05) is 25.8 Å². The number of unbranched alkanes of at least 4 members (excludes halogenated alkanes) is 1. The van der Waals surface area contributed by atoms with E-state index in [1.807, 2.05) is 30.3 Å². The summed E-state index contributed by atoms with van der Waals surface area (Å²) >= 11 is 0. The summed E-state index contributed by atoms with van der Waals surface area (Å²) in [5.74, 6) is 0. The van der Waals surface area contributed by atoms with Crippen LogP contribution in [0, 0.1) is 20.3 Å². The molecule has 0 fully saturated rings. The van der Waals surface area contributed by atoms with Crippen LogP contribution in [0.15, 0.2) is 30.3 Å². The van der Waals surface area contributed by atoms with E-state index in [1.165, 1.54) is 31.8 Å². The van der Waals surface area contributed by atoms with Crippen molar-refractivity contribution in [3.8, 4) is 0 Å². The van der Waals surface area contributed by atoms with E-state index in [-0.39, 0.29) is 40.7 Å². The van der Waals surface area contributed by atoms with Gasteiger partial charge in [-0.15, -0.1) is 8.58 Å². The van der Waals surface area contributed by atoms with E-state index in [4.69, 9.17) is 0 Å². The number of hydrogen-bond acceptors (Lipinski definition) is 0. The van der Waals surface area contributed by atoms with Crippen molar-refractivity contribution in [3.05, 3.63) is 45.2 Å². The molecule has 0 saturated heterocycles. The third-order valence-corrected chi connectivity index (χ3v) is 5.00. The topological polar surface area (TPSA) is 0 Å². The average Bonchev–Trinajstić information content (AvgIpc) is 2.84. The molecule has 1 atom stereocenters. The smallest absolute Gasteiger partial charge is 0 e. The van der Waals surface area contributed by atoms with Crippen LogP contribution in [0.4, 0.5) is 0 Å². The molecule has 1 rings (SSSR count). The summed E-state index contributed by atoms with van der Waals surface area (Å²) in [4.78, 5) is 0. The molecule has 0 amide bonds. The van der Waals surface area contributed by atoms with Crippen molar-refractivity contribution in [2.45, 2.75) is 72.4 Å². The molecule has 0 radical (unpaired) electrons. The summed E-state index contributed by atoms with van der Waals surface area (Å²) in [6.07, 6.45) is 6.95. The van der Waals surface area contributed by atoms with Gasteiger partial charge in [0.05, 0.1) is 0 Å². The van der Waals surface area contributed by atoms with Crippen LogP contribution in [0.2, 0.25) is 0 Å². The predicted octanol–water partition coefficient (Wildman–Crippen LogP) is 7.37. The Bertz CT molecular complexity index is 266. The van der Waals surface area contributed by atoms with Gasteiger partial charge in [0.25, 0.3) is 0 Å². The largest absolute Gasteiger partial charge is 0.358 e. The second-order valence-electron chi connectivity index (χ2n) is 7.19. The summed E-state index contributed by atoms with van der Waals surface area (Å²) in [7, 11) is 1.15. The summed E-state index contributed by atoms with van der Waals surface area (Å²) in [6, 6.07) is 10.0. The third kappa shape index (κ3) is 22.9. The Balaban J connectivity index is -0.000000173. The first-order valence-corrected chi connectivity index (χ1v) is 8.89. The van der Waals surface area contributed by atoms with Gasteiger partial charge >= 0.3 is 0 Å². The van der Waals surface area contributed by atoms with Crippen molar-refractivity contribution in [2.75, 3.05) is 6.16 Å². The Labute approximate surface area is 163 Å². The molecule has 2 heteroatoms. The van der Waals surface area contributed by atoms with Gasteiger partial charge in [0.1, 0.15) is 0 Å². The molecule has 0 nitrogen and oxygen atoms in total. The summed E-state index contributed by atoms with van der Waals surface area (Å²) < 4.78 is 0. The monoisotopic (exact) mass is 491 g/mol. The Hall–Kier alpha value is 0.650.